The molecule has 0 saturated heterocycles. The van der Waals surface area contributed by atoms with Crippen molar-refractivity contribution < 1.29 is 12.8 Å². The van der Waals surface area contributed by atoms with Gasteiger partial charge >= 0.3 is 0 Å². The van der Waals surface area contributed by atoms with Gasteiger partial charge < -0.3 is 5.32 Å². The largest absolute Gasteiger partial charge is 0.312 e. The Morgan fingerprint density at radius 2 is 2.00 bits per heavy atom. The number of rotatable bonds is 6. The van der Waals surface area contributed by atoms with Crippen LogP contribution in [0.2, 0.25) is 0 Å². The molecule has 0 amide bonds. The summed E-state index contributed by atoms with van der Waals surface area (Å²) in [6.07, 6.45) is 1.67. The summed E-state index contributed by atoms with van der Waals surface area (Å²) in [6, 6.07) is 4.51. The molecule has 0 aromatic heterocycles. The lowest BCUT2D eigenvalue weighted by Crippen LogP contribution is -2.52. The van der Waals surface area contributed by atoms with Gasteiger partial charge in [0.2, 0.25) is 0 Å². The van der Waals surface area contributed by atoms with Crippen LogP contribution in [-0.2, 0) is 16.3 Å². The highest BCUT2D eigenvalue weighted by Gasteiger charge is 2.38. The van der Waals surface area contributed by atoms with Crippen LogP contribution in [0.5, 0.6) is 0 Å². The zero-order chi connectivity index (χ0) is 15.6. The summed E-state index contributed by atoms with van der Waals surface area (Å²) >= 11 is 3.22. The fourth-order valence-corrected chi connectivity index (χ4v) is 3.10. The van der Waals surface area contributed by atoms with Gasteiger partial charge in [0.15, 0.2) is 9.84 Å². The molecule has 114 valence electrons. The fraction of sp³-hybridized carbons (Fsp3) is 0.571. The summed E-state index contributed by atoms with van der Waals surface area (Å²) in [5, 5.41) is 3.20. The molecule has 6 heteroatoms. The smallest absolute Gasteiger partial charge is 0.154 e. The molecule has 1 aromatic rings. The van der Waals surface area contributed by atoms with Gasteiger partial charge in [0.05, 0.1) is 9.22 Å². The maximum Gasteiger partial charge on any atom is 0.154 e. The Morgan fingerprint density at radius 3 is 2.50 bits per heavy atom. The third-order valence-corrected chi connectivity index (χ3v) is 6.78. The van der Waals surface area contributed by atoms with Gasteiger partial charge in [0, 0.05) is 12.3 Å². The molecule has 0 saturated carbocycles. The van der Waals surface area contributed by atoms with Crippen LogP contribution in [0.1, 0.15) is 26.3 Å². The average molecular weight is 366 g/mol. The summed E-state index contributed by atoms with van der Waals surface area (Å²) in [5.41, 5.74) is 0.757. The Hall–Kier alpha value is -0.460. The monoisotopic (exact) mass is 365 g/mol. The highest BCUT2D eigenvalue weighted by atomic mass is 79.9. The van der Waals surface area contributed by atoms with Gasteiger partial charge in [-0.1, -0.05) is 19.1 Å². The Kier molecular flexibility index (Phi) is 5.75. The van der Waals surface area contributed by atoms with Crippen LogP contribution in [0.4, 0.5) is 4.39 Å². The quantitative estimate of drug-likeness (QED) is 0.842. The molecule has 1 aromatic carbocycles. The third kappa shape index (κ3) is 3.80. The van der Waals surface area contributed by atoms with Crippen LogP contribution in [0.3, 0.4) is 0 Å². The molecule has 0 aliphatic heterocycles. The number of halogens is 2. The van der Waals surface area contributed by atoms with Crippen molar-refractivity contribution in [2.24, 2.45) is 0 Å². The van der Waals surface area contributed by atoms with E-state index in [1.54, 1.807) is 26.0 Å². The summed E-state index contributed by atoms with van der Waals surface area (Å²) in [7, 11) is -3.24. The number of likely N-dealkylation sites (N-methyl/N-ethyl adjacent to an activating group) is 1. The molecule has 1 rings (SSSR count). The molecule has 3 nitrogen and oxygen atoms in total. The van der Waals surface area contributed by atoms with E-state index >= 15 is 0 Å². The summed E-state index contributed by atoms with van der Waals surface area (Å²) < 4.78 is 37.0. The first-order valence-electron chi connectivity index (χ1n) is 6.47. The van der Waals surface area contributed by atoms with Crippen molar-refractivity contribution in [3.63, 3.8) is 0 Å². The van der Waals surface area contributed by atoms with Gasteiger partial charge in [-0.25, -0.2) is 12.8 Å². The van der Waals surface area contributed by atoms with Crippen molar-refractivity contribution in [2.75, 3.05) is 12.8 Å². The molecular weight excluding hydrogens is 345 g/mol. The van der Waals surface area contributed by atoms with E-state index in [9.17, 15) is 12.8 Å². The van der Waals surface area contributed by atoms with Crippen molar-refractivity contribution in [3.05, 3.63) is 34.1 Å². The van der Waals surface area contributed by atoms with Crippen LogP contribution < -0.4 is 5.32 Å². The van der Waals surface area contributed by atoms with Crippen LogP contribution in [0, 0.1) is 5.82 Å². The van der Waals surface area contributed by atoms with Crippen molar-refractivity contribution in [2.45, 2.75) is 38.0 Å². The minimum absolute atomic E-state index is 0.291. The Bertz CT molecular complexity index is 573. The van der Waals surface area contributed by atoms with Gasteiger partial charge in [0.25, 0.3) is 0 Å². The van der Waals surface area contributed by atoms with Gasteiger partial charge in [-0.3, -0.25) is 0 Å². The van der Waals surface area contributed by atoms with Crippen LogP contribution in [0.15, 0.2) is 22.7 Å². The number of hydrogen-bond acceptors (Lipinski definition) is 3. The summed E-state index contributed by atoms with van der Waals surface area (Å²) in [5.74, 6) is -0.338. The molecule has 0 fully saturated rings. The van der Waals surface area contributed by atoms with Gasteiger partial charge in [-0.15, -0.1) is 0 Å². The molecule has 0 aliphatic carbocycles. The zero-order valence-corrected chi connectivity index (χ0v) is 14.6. The van der Waals surface area contributed by atoms with Crippen LogP contribution in [-0.4, -0.2) is 32.0 Å². The van der Waals surface area contributed by atoms with Crippen LogP contribution >= 0.6 is 15.9 Å². The maximum absolute atomic E-state index is 13.6. The zero-order valence-electron chi connectivity index (χ0n) is 12.2. The molecule has 20 heavy (non-hydrogen) atoms. The first kappa shape index (κ1) is 17.6. The summed E-state index contributed by atoms with van der Waals surface area (Å²) in [6.45, 7) is 5.97. The highest BCUT2D eigenvalue weighted by molar-refractivity contribution is 9.10. The van der Waals surface area contributed by atoms with E-state index in [1.807, 2.05) is 6.92 Å². The SMILES string of the molecule is CCNC(Cc1cccc(F)c1Br)C(C)(C)S(C)(=O)=O. The lowest BCUT2D eigenvalue weighted by Gasteiger charge is -2.33. The highest BCUT2D eigenvalue weighted by Crippen LogP contribution is 2.27. The lowest BCUT2D eigenvalue weighted by atomic mass is 9.95. The second kappa shape index (κ2) is 6.54. The first-order chi connectivity index (χ1) is 9.11. The molecule has 1 atom stereocenters. The second-order valence-corrected chi connectivity index (χ2v) is 8.79. The standard InChI is InChI=1S/C14H21BrFNO2S/c1-5-17-12(14(2,3)20(4,18)19)9-10-7-6-8-11(16)13(10)15/h6-8,12,17H,5,9H2,1-4H3. The summed E-state index contributed by atoms with van der Waals surface area (Å²) in [4.78, 5) is 0. The van der Waals surface area contributed by atoms with Gasteiger partial charge in [-0.2, -0.15) is 0 Å². The van der Waals surface area contributed by atoms with E-state index in [0.717, 1.165) is 5.56 Å². The predicted octanol–water partition coefficient (Wildman–Crippen LogP) is 2.93. The van der Waals surface area contributed by atoms with E-state index in [4.69, 9.17) is 0 Å². The third-order valence-electron chi connectivity index (χ3n) is 3.70. The minimum Gasteiger partial charge on any atom is -0.312 e. The van der Waals surface area contributed by atoms with Gasteiger partial charge in [0.1, 0.15) is 5.82 Å². The lowest BCUT2D eigenvalue weighted by molar-refractivity contribution is 0.412. The first-order valence-corrected chi connectivity index (χ1v) is 9.15. The molecule has 0 radical (unpaired) electrons. The van der Waals surface area contributed by atoms with E-state index < -0.39 is 14.6 Å². The maximum atomic E-state index is 13.6. The normalized spacial score (nSPS) is 14.3. The topological polar surface area (TPSA) is 46.2 Å². The minimum atomic E-state index is -3.24. The van der Waals surface area contributed by atoms with Crippen molar-refractivity contribution >= 4 is 25.8 Å². The molecule has 0 bridgehead atoms. The molecule has 1 N–H and O–H groups in total. The van der Waals surface area contributed by atoms with Crippen molar-refractivity contribution in [1.29, 1.82) is 0 Å². The Morgan fingerprint density at radius 1 is 1.40 bits per heavy atom. The number of nitrogens with one attached hydrogen (secondary N) is 1. The average Bonchev–Trinajstić information content (AvgIpc) is 2.32. The van der Waals surface area contributed by atoms with E-state index in [2.05, 4.69) is 21.2 Å². The van der Waals surface area contributed by atoms with Gasteiger partial charge in [-0.05, 0) is 54.4 Å². The molecule has 1 unspecified atom stereocenters. The number of hydrogen-bond donors (Lipinski definition) is 1. The van der Waals surface area contributed by atoms with E-state index in [1.165, 1.54) is 12.3 Å². The van der Waals surface area contributed by atoms with Crippen molar-refractivity contribution in [1.82, 2.24) is 5.32 Å². The van der Waals surface area contributed by atoms with E-state index in [0.29, 0.717) is 17.4 Å². The fourth-order valence-electron chi connectivity index (χ4n) is 1.99. The number of benzene rings is 1. The second-order valence-electron chi connectivity index (χ2n) is 5.40. The molecule has 0 aliphatic rings. The molecular formula is C14H21BrFNO2S. The molecule has 0 spiro atoms. The Labute approximate surface area is 129 Å². The van der Waals surface area contributed by atoms with Crippen molar-refractivity contribution in [3.8, 4) is 0 Å². The number of sulfone groups is 1. The Balaban J connectivity index is 3.14. The van der Waals surface area contributed by atoms with E-state index in [-0.39, 0.29) is 11.9 Å². The van der Waals surface area contributed by atoms with Crippen LogP contribution in [0.25, 0.3) is 0 Å². The molecule has 0 heterocycles. The predicted molar refractivity (Wildman–Crippen MR) is 84.2 cm³/mol.